The summed E-state index contributed by atoms with van der Waals surface area (Å²) in [5, 5.41) is 16.2. The van der Waals surface area contributed by atoms with Crippen molar-refractivity contribution in [2.24, 2.45) is 7.05 Å². The highest BCUT2D eigenvalue weighted by Crippen LogP contribution is 2.24. The lowest BCUT2D eigenvalue weighted by atomic mass is 10.2. The van der Waals surface area contributed by atoms with Gasteiger partial charge in [0.25, 0.3) is 5.88 Å². The predicted molar refractivity (Wildman–Crippen MR) is 99.4 cm³/mol. The van der Waals surface area contributed by atoms with E-state index in [1.54, 1.807) is 4.57 Å². The maximum Gasteiger partial charge on any atom is 0.431 e. The van der Waals surface area contributed by atoms with E-state index in [9.17, 15) is 9.90 Å². The molecule has 0 fully saturated rings. The molecule has 0 atom stereocenters. The van der Waals surface area contributed by atoms with Gasteiger partial charge in [-0.05, 0) is 23.9 Å². The number of hydrogen-bond donors (Lipinski definition) is 1. The summed E-state index contributed by atoms with van der Waals surface area (Å²) >= 11 is 0. The van der Waals surface area contributed by atoms with Gasteiger partial charge in [0.1, 0.15) is 5.56 Å². The molecule has 0 saturated carbocycles. The number of nitrogens with zero attached hydrogens (tertiary/aromatic N) is 5. The molecule has 0 amide bonds. The number of unbranched alkanes of at least 4 members (excludes halogenated alkanes) is 1. The van der Waals surface area contributed by atoms with Gasteiger partial charge in [-0.1, -0.05) is 48.1 Å². The Labute approximate surface area is 150 Å². The van der Waals surface area contributed by atoms with E-state index in [4.69, 9.17) is 4.98 Å². The zero-order valence-electron chi connectivity index (χ0n) is 15.2. The predicted octanol–water partition coefficient (Wildman–Crippen LogP) is 2.09. The fourth-order valence-electron chi connectivity index (χ4n) is 3.50. The Morgan fingerprint density at radius 2 is 2.00 bits per heavy atom. The third-order valence-electron chi connectivity index (χ3n) is 4.95. The summed E-state index contributed by atoms with van der Waals surface area (Å²) in [6.07, 6.45) is 2.29. The monoisotopic (exact) mass is 352 g/mol. The van der Waals surface area contributed by atoms with Gasteiger partial charge in [-0.2, -0.15) is 4.57 Å². The van der Waals surface area contributed by atoms with Crippen LogP contribution in [0, 0.1) is 0 Å². The Balaban J connectivity index is 2.20. The van der Waals surface area contributed by atoms with Gasteiger partial charge in [-0.25, -0.2) is 4.79 Å². The molecule has 26 heavy (non-hydrogen) atoms. The van der Waals surface area contributed by atoms with Crippen LogP contribution in [0.3, 0.4) is 0 Å². The zero-order valence-corrected chi connectivity index (χ0v) is 15.2. The minimum absolute atomic E-state index is 0.00151. The Morgan fingerprint density at radius 3 is 2.73 bits per heavy atom. The van der Waals surface area contributed by atoms with Gasteiger partial charge < -0.3 is 9.67 Å². The summed E-state index contributed by atoms with van der Waals surface area (Å²) in [5.74, 6) is 0.370. The summed E-state index contributed by atoms with van der Waals surface area (Å²) in [6.45, 7) is 4.53. The summed E-state index contributed by atoms with van der Waals surface area (Å²) in [7, 11) is 1.94. The lowest BCUT2D eigenvalue weighted by molar-refractivity contribution is -0.683. The molecule has 0 aliphatic carbocycles. The van der Waals surface area contributed by atoms with E-state index in [2.05, 4.69) is 12.0 Å². The van der Waals surface area contributed by atoms with Crippen molar-refractivity contribution in [3.05, 3.63) is 40.2 Å². The van der Waals surface area contributed by atoms with Crippen molar-refractivity contribution in [1.82, 2.24) is 19.2 Å². The number of para-hydroxylation sites is 1. The Morgan fingerprint density at radius 1 is 1.23 bits per heavy atom. The molecule has 0 bridgehead atoms. The van der Waals surface area contributed by atoms with E-state index in [0.717, 1.165) is 23.7 Å². The van der Waals surface area contributed by atoms with Gasteiger partial charge in [0.15, 0.2) is 5.52 Å². The number of fused-ring (bicyclic) bond motifs is 4. The molecule has 7 heteroatoms. The van der Waals surface area contributed by atoms with Gasteiger partial charge in [-0.3, -0.25) is 0 Å². The molecule has 0 radical (unpaired) electrons. The molecule has 4 rings (SSSR count). The van der Waals surface area contributed by atoms with Crippen LogP contribution in [-0.2, 0) is 20.0 Å². The molecule has 134 valence electrons. The van der Waals surface area contributed by atoms with E-state index in [1.165, 1.54) is 4.52 Å². The van der Waals surface area contributed by atoms with Crippen LogP contribution in [0.2, 0.25) is 0 Å². The second kappa shape index (κ2) is 6.09. The molecule has 0 unspecified atom stereocenters. The SMILES string of the molecule is CCCC[n+]1c(O)c(CC)c(=O)n2nc3c4ccccc4n(C)c3nc21. The molecular formula is C19H22N5O2+. The highest BCUT2D eigenvalue weighted by atomic mass is 16.3. The van der Waals surface area contributed by atoms with E-state index in [0.29, 0.717) is 35.5 Å². The smallest absolute Gasteiger partial charge is 0.431 e. The highest BCUT2D eigenvalue weighted by molar-refractivity contribution is 6.04. The third kappa shape index (κ3) is 2.20. The van der Waals surface area contributed by atoms with Crippen LogP contribution in [0.1, 0.15) is 32.3 Å². The summed E-state index contributed by atoms with van der Waals surface area (Å²) in [5.41, 5.74) is 2.44. The first-order valence-corrected chi connectivity index (χ1v) is 9.00. The average Bonchev–Trinajstić information content (AvgIpc) is 2.93. The first-order chi connectivity index (χ1) is 12.6. The maximum absolute atomic E-state index is 12.9. The first-order valence-electron chi connectivity index (χ1n) is 9.00. The van der Waals surface area contributed by atoms with Crippen molar-refractivity contribution in [2.45, 2.75) is 39.7 Å². The Hall–Kier alpha value is -2.96. The lowest BCUT2D eigenvalue weighted by Gasteiger charge is -2.08. The highest BCUT2D eigenvalue weighted by Gasteiger charge is 2.26. The minimum Gasteiger partial charge on any atom is -0.483 e. The molecule has 3 heterocycles. The van der Waals surface area contributed by atoms with Crippen LogP contribution in [0.15, 0.2) is 29.1 Å². The lowest BCUT2D eigenvalue weighted by Crippen LogP contribution is -2.43. The fraction of sp³-hybridized carbons (Fsp3) is 0.368. The zero-order chi connectivity index (χ0) is 18.4. The van der Waals surface area contributed by atoms with Gasteiger partial charge in [0, 0.05) is 12.4 Å². The standard InChI is InChI=1S/C19H21N5O2/c1-4-6-11-23-17(25)12(5-2)18(26)24-19(23)20-16-15(21-24)13-9-7-8-10-14(13)22(16)3/h7-10H,4-6,11H2,1-3H3/p+1. The molecule has 0 aliphatic rings. The van der Waals surface area contributed by atoms with Crippen LogP contribution in [-0.4, -0.2) is 24.3 Å². The molecule has 0 aliphatic heterocycles. The van der Waals surface area contributed by atoms with E-state index in [1.807, 2.05) is 42.8 Å². The van der Waals surface area contributed by atoms with E-state index < -0.39 is 0 Å². The van der Waals surface area contributed by atoms with Crippen LogP contribution in [0.25, 0.3) is 27.8 Å². The molecule has 1 aromatic carbocycles. The fourth-order valence-corrected chi connectivity index (χ4v) is 3.50. The van der Waals surface area contributed by atoms with Gasteiger partial charge in [0.2, 0.25) is 5.65 Å². The van der Waals surface area contributed by atoms with E-state index in [-0.39, 0.29) is 11.4 Å². The van der Waals surface area contributed by atoms with Crippen LogP contribution in [0.5, 0.6) is 5.88 Å². The maximum atomic E-state index is 12.9. The summed E-state index contributed by atoms with van der Waals surface area (Å²) < 4.78 is 5.01. The van der Waals surface area contributed by atoms with Crippen molar-refractivity contribution in [3.8, 4) is 5.88 Å². The Bertz CT molecular complexity index is 1210. The molecule has 3 aromatic heterocycles. The first kappa shape index (κ1) is 16.5. The van der Waals surface area contributed by atoms with Crippen LogP contribution in [0.4, 0.5) is 0 Å². The van der Waals surface area contributed by atoms with Crippen LogP contribution >= 0.6 is 0 Å². The van der Waals surface area contributed by atoms with Crippen molar-refractivity contribution in [3.63, 3.8) is 0 Å². The largest absolute Gasteiger partial charge is 0.483 e. The second-order valence-electron chi connectivity index (χ2n) is 6.54. The minimum atomic E-state index is -0.310. The number of aromatic hydroxyl groups is 1. The number of aromatic nitrogens is 5. The Kier molecular flexibility index (Phi) is 3.86. The average molecular weight is 352 g/mol. The third-order valence-corrected chi connectivity index (χ3v) is 4.95. The normalized spacial score (nSPS) is 11.8. The van der Waals surface area contributed by atoms with Crippen molar-refractivity contribution < 1.29 is 9.67 Å². The van der Waals surface area contributed by atoms with Gasteiger partial charge in [-0.15, -0.1) is 0 Å². The van der Waals surface area contributed by atoms with Crippen LogP contribution < -0.4 is 10.1 Å². The van der Waals surface area contributed by atoms with Crippen molar-refractivity contribution in [2.75, 3.05) is 0 Å². The quantitative estimate of drug-likeness (QED) is 0.571. The van der Waals surface area contributed by atoms with E-state index >= 15 is 0 Å². The van der Waals surface area contributed by atoms with Gasteiger partial charge >= 0.3 is 11.3 Å². The summed E-state index contributed by atoms with van der Waals surface area (Å²) in [4.78, 5) is 17.6. The number of rotatable bonds is 4. The molecule has 0 spiro atoms. The molecule has 7 nitrogen and oxygen atoms in total. The van der Waals surface area contributed by atoms with Crippen molar-refractivity contribution >= 4 is 27.8 Å². The topological polar surface area (TPSA) is 76.3 Å². The number of benzene rings is 1. The molecule has 1 N–H and O–H groups in total. The molecule has 0 saturated heterocycles. The number of aryl methyl sites for hydroxylation is 2. The number of hydrogen-bond acceptors (Lipinski definition) is 4. The van der Waals surface area contributed by atoms with Gasteiger partial charge in [0.05, 0.1) is 12.1 Å². The molecular weight excluding hydrogens is 330 g/mol. The molecule has 4 aromatic rings. The summed E-state index contributed by atoms with van der Waals surface area (Å²) in [6, 6.07) is 7.91. The second-order valence-corrected chi connectivity index (χ2v) is 6.54. The van der Waals surface area contributed by atoms with Crippen molar-refractivity contribution in [1.29, 1.82) is 0 Å².